The summed E-state index contributed by atoms with van der Waals surface area (Å²) in [5.41, 5.74) is 3.82. The van der Waals surface area contributed by atoms with Gasteiger partial charge in [0, 0.05) is 16.8 Å². The van der Waals surface area contributed by atoms with E-state index < -0.39 is 0 Å². The molecule has 2 N–H and O–H groups in total. The van der Waals surface area contributed by atoms with Gasteiger partial charge in [-0.05, 0) is 42.3 Å². The number of ether oxygens (including phenoxy) is 1. The lowest BCUT2D eigenvalue weighted by molar-refractivity contribution is -0.110. The highest BCUT2D eigenvalue weighted by atomic mass is 16.5. The smallest absolute Gasteiger partial charge is 0.256 e. The number of hydrogen-bond acceptors (Lipinski definition) is 3. The number of benzene rings is 2. The van der Waals surface area contributed by atoms with Crippen molar-refractivity contribution in [1.29, 1.82) is 0 Å². The number of fused-ring (bicyclic) bond motifs is 1. The van der Waals surface area contributed by atoms with Crippen LogP contribution in [-0.2, 0) is 4.79 Å². The second kappa shape index (κ2) is 4.98. The Bertz CT molecular complexity index is 763. The van der Waals surface area contributed by atoms with E-state index in [2.05, 4.69) is 5.32 Å². The summed E-state index contributed by atoms with van der Waals surface area (Å²) in [6, 6.07) is 11.1. The minimum Gasteiger partial charge on any atom is -0.504 e. The van der Waals surface area contributed by atoms with Gasteiger partial charge in [0.1, 0.15) is 0 Å². The van der Waals surface area contributed by atoms with Crippen LogP contribution in [0.4, 0.5) is 5.69 Å². The van der Waals surface area contributed by atoms with Gasteiger partial charge in [-0.1, -0.05) is 18.2 Å². The first-order chi connectivity index (χ1) is 10.1. The van der Waals surface area contributed by atoms with Crippen LogP contribution in [0.5, 0.6) is 11.5 Å². The number of hydrogen-bond donors (Lipinski definition) is 2. The van der Waals surface area contributed by atoms with Crippen LogP contribution in [0.1, 0.15) is 16.7 Å². The molecule has 1 aliphatic heterocycles. The highest BCUT2D eigenvalue weighted by Crippen LogP contribution is 2.35. The van der Waals surface area contributed by atoms with E-state index in [0.717, 1.165) is 16.8 Å². The van der Waals surface area contributed by atoms with Gasteiger partial charge in [0.2, 0.25) is 0 Å². The lowest BCUT2D eigenvalue weighted by Crippen LogP contribution is -2.03. The number of rotatable bonds is 2. The van der Waals surface area contributed by atoms with Crippen LogP contribution in [0, 0.1) is 6.92 Å². The molecule has 106 valence electrons. The molecule has 0 saturated heterocycles. The van der Waals surface area contributed by atoms with E-state index in [-0.39, 0.29) is 11.7 Å². The molecular formula is C17H15NO3. The van der Waals surface area contributed by atoms with E-state index in [0.29, 0.717) is 16.9 Å². The molecule has 1 aliphatic rings. The quantitative estimate of drug-likeness (QED) is 0.831. The van der Waals surface area contributed by atoms with Crippen molar-refractivity contribution in [2.75, 3.05) is 12.4 Å². The largest absolute Gasteiger partial charge is 0.504 e. The lowest BCUT2D eigenvalue weighted by Gasteiger charge is -2.08. The van der Waals surface area contributed by atoms with Crippen LogP contribution >= 0.6 is 0 Å². The molecule has 0 spiro atoms. The molecule has 2 aromatic carbocycles. The molecule has 4 heteroatoms. The molecule has 0 aliphatic carbocycles. The van der Waals surface area contributed by atoms with E-state index in [1.165, 1.54) is 7.11 Å². The van der Waals surface area contributed by atoms with Gasteiger partial charge in [0.15, 0.2) is 11.5 Å². The van der Waals surface area contributed by atoms with Crippen LogP contribution in [-0.4, -0.2) is 18.1 Å². The molecule has 4 nitrogen and oxygen atoms in total. The zero-order valence-corrected chi connectivity index (χ0v) is 11.8. The Hall–Kier alpha value is -2.75. The molecule has 2 aromatic rings. The van der Waals surface area contributed by atoms with Crippen LogP contribution in [0.2, 0.25) is 0 Å². The first-order valence-electron chi connectivity index (χ1n) is 6.60. The highest BCUT2D eigenvalue weighted by molar-refractivity contribution is 6.34. The van der Waals surface area contributed by atoms with Crippen molar-refractivity contribution in [2.24, 2.45) is 0 Å². The zero-order chi connectivity index (χ0) is 15.0. The average molecular weight is 281 g/mol. The Morgan fingerprint density at radius 2 is 2.00 bits per heavy atom. The maximum Gasteiger partial charge on any atom is 0.256 e. The fourth-order valence-corrected chi connectivity index (χ4v) is 2.46. The minimum atomic E-state index is -0.124. The lowest BCUT2D eigenvalue weighted by atomic mass is 10.0. The summed E-state index contributed by atoms with van der Waals surface area (Å²) in [4.78, 5) is 12.1. The number of carbonyl (C=O) groups is 1. The van der Waals surface area contributed by atoms with Gasteiger partial charge >= 0.3 is 0 Å². The Kier molecular flexibility index (Phi) is 3.14. The van der Waals surface area contributed by atoms with Gasteiger partial charge in [0.25, 0.3) is 5.91 Å². The molecule has 0 saturated carbocycles. The van der Waals surface area contributed by atoms with Crippen LogP contribution in [0.3, 0.4) is 0 Å². The van der Waals surface area contributed by atoms with Crippen molar-refractivity contribution in [2.45, 2.75) is 6.92 Å². The van der Waals surface area contributed by atoms with Gasteiger partial charge < -0.3 is 15.2 Å². The van der Waals surface area contributed by atoms with Crippen molar-refractivity contribution < 1.29 is 14.6 Å². The highest BCUT2D eigenvalue weighted by Gasteiger charge is 2.23. The Morgan fingerprint density at radius 3 is 2.76 bits per heavy atom. The number of phenolic OH excluding ortho intramolecular Hbond substituents is 1. The predicted molar refractivity (Wildman–Crippen MR) is 82.3 cm³/mol. The molecule has 0 atom stereocenters. The van der Waals surface area contributed by atoms with Crippen molar-refractivity contribution in [3.63, 3.8) is 0 Å². The SMILES string of the molecule is COc1cc(/C=C2/C(=O)Nc3ccccc32)cc(C)c1O. The maximum absolute atomic E-state index is 12.1. The number of anilines is 1. The van der Waals surface area contributed by atoms with Gasteiger partial charge in [0.05, 0.1) is 7.11 Å². The third-order valence-electron chi connectivity index (χ3n) is 3.53. The van der Waals surface area contributed by atoms with Crippen molar-refractivity contribution in [3.05, 3.63) is 53.1 Å². The number of para-hydroxylation sites is 1. The van der Waals surface area contributed by atoms with Crippen molar-refractivity contribution in [1.82, 2.24) is 0 Å². The molecule has 1 heterocycles. The number of amides is 1. The topological polar surface area (TPSA) is 58.6 Å². The Balaban J connectivity index is 2.11. The average Bonchev–Trinajstić information content (AvgIpc) is 2.79. The van der Waals surface area contributed by atoms with Crippen LogP contribution in [0.25, 0.3) is 11.6 Å². The molecule has 1 amide bonds. The third kappa shape index (κ3) is 2.25. The van der Waals surface area contributed by atoms with E-state index in [4.69, 9.17) is 4.74 Å². The van der Waals surface area contributed by atoms with Crippen molar-refractivity contribution >= 4 is 23.2 Å². The fourth-order valence-electron chi connectivity index (χ4n) is 2.46. The Morgan fingerprint density at radius 1 is 1.24 bits per heavy atom. The summed E-state index contributed by atoms with van der Waals surface area (Å²) in [5.74, 6) is 0.394. The van der Waals surface area contributed by atoms with Crippen LogP contribution < -0.4 is 10.1 Å². The summed E-state index contributed by atoms with van der Waals surface area (Å²) in [5, 5.41) is 12.7. The first kappa shape index (κ1) is 13.2. The van der Waals surface area contributed by atoms with Crippen LogP contribution in [0.15, 0.2) is 36.4 Å². The van der Waals surface area contributed by atoms with Crippen molar-refractivity contribution in [3.8, 4) is 11.5 Å². The number of carbonyl (C=O) groups excluding carboxylic acids is 1. The van der Waals surface area contributed by atoms with Gasteiger partial charge in [-0.2, -0.15) is 0 Å². The molecule has 3 rings (SSSR count). The molecule has 0 aromatic heterocycles. The van der Waals surface area contributed by atoms with Gasteiger partial charge in [-0.3, -0.25) is 4.79 Å². The third-order valence-corrected chi connectivity index (χ3v) is 3.53. The normalized spacial score (nSPS) is 15.0. The number of nitrogens with one attached hydrogen (secondary N) is 1. The number of methoxy groups -OCH3 is 1. The predicted octanol–water partition coefficient (Wildman–Crippen LogP) is 3.20. The molecule has 0 bridgehead atoms. The summed E-state index contributed by atoms with van der Waals surface area (Å²) in [7, 11) is 1.50. The van der Waals surface area contributed by atoms with Gasteiger partial charge in [-0.15, -0.1) is 0 Å². The molecular weight excluding hydrogens is 266 g/mol. The second-order valence-corrected chi connectivity index (χ2v) is 4.95. The van der Waals surface area contributed by atoms with E-state index in [9.17, 15) is 9.90 Å². The number of phenols is 1. The minimum absolute atomic E-state index is 0.121. The molecule has 21 heavy (non-hydrogen) atoms. The summed E-state index contributed by atoms with van der Waals surface area (Å²) >= 11 is 0. The molecule has 0 fully saturated rings. The van der Waals surface area contributed by atoms with E-state index in [1.54, 1.807) is 19.1 Å². The molecule has 0 unspecified atom stereocenters. The fraction of sp³-hybridized carbons (Fsp3) is 0.118. The van der Waals surface area contributed by atoms with E-state index in [1.807, 2.05) is 30.3 Å². The summed E-state index contributed by atoms with van der Waals surface area (Å²) in [6.07, 6.45) is 1.80. The second-order valence-electron chi connectivity index (χ2n) is 4.95. The Labute approximate surface area is 122 Å². The summed E-state index contributed by atoms with van der Waals surface area (Å²) in [6.45, 7) is 1.79. The zero-order valence-electron chi connectivity index (χ0n) is 11.8. The first-order valence-corrected chi connectivity index (χ1v) is 6.60. The maximum atomic E-state index is 12.1. The number of aryl methyl sites for hydroxylation is 1. The van der Waals surface area contributed by atoms with Gasteiger partial charge in [-0.25, -0.2) is 0 Å². The monoisotopic (exact) mass is 281 g/mol. The standard InChI is InChI=1S/C17H15NO3/c1-10-7-11(9-15(21-2)16(10)19)8-13-12-5-3-4-6-14(12)18-17(13)20/h3-9,19H,1-2H3,(H,18,20)/b13-8+. The van der Waals surface area contributed by atoms with E-state index >= 15 is 0 Å². The summed E-state index contributed by atoms with van der Waals surface area (Å²) < 4.78 is 5.15. The number of aromatic hydroxyl groups is 1. The molecule has 0 radical (unpaired) electrons.